The first kappa shape index (κ1) is 13.3. The second kappa shape index (κ2) is 4.81. The van der Waals surface area contributed by atoms with Crippen LogP contribution in [0.1, 0.15) is 0 Å². The van der Waals surface area contributed by atoms with Crippen LogP contribution in [0, 0.1) is 10.1 Å². The van der Waals surface area contributed by atoms with E-state index in [1.165, 1.54) is 12.1 Å². The number of hydrogen-bond donors (Lipinski definition) is 2. The summed E-state index contributed by atoms with van der Waals surface area (Å²) in [6.07, 6.45) is 0. The third-order valence-electron chi connectivity index (χ3n) is 3.80. The van der Waals surface area contributed by atoms with Crippen LogP contribution in [0.2, 0.25) is 0 Å². The second-order valence-electron chi connectivity index (χ2n) is 5.26. The van der Waals surface area contributed by atoms with Crippen LogP contribution in [0.5, 0.6) is 5.75 Å². The van der Waals surface area contributed by atoms with E-state index in [2.05, 4.69) is 9.97 Å². The largest absolute Gasteiger partial charge is 0.507 e. The van der Waals surface area contributed by atoms with Gasteiger partial charge in [-0.2, -0.15) is 0 Å². The van der Waals surface area contributed by atoms with E-state index in [4.69, 9.17) is 0 Å². The summed E-state index contributed by atoms with van der Waals surface area (Å²) < 4.78 is 0. The Morgan fingerprint density at radius 1 is 1.04 bits per heavy atom. The summed E-state index contributed by atoms with van der Waals surface area (Å²) in [6, 6.07) is 15.7. The molecular formula is C17H11N3O3. The van der Waals surface area contributed by atoms with Crippen molar-refractivity contribution in [3.8, 4) is 17.1 Å². The van der Waals surface area contributed by atoms with Crippen LogP contribution in [0.4, 0.5) is 5.69 Å². The Labute approximate surface area is 130 Å². The Morgan fingerprint density at radius 2 is 1.78 bits per heavy atom. The number of aromatic hydroxyl groups is 1. The van der Waals surface area contributed by atoms with Gasteiger partial charge < -0.3 is 10.1 Å². The molecule has 23 heavy (non-hydrogen) atoms. The van der Waals surface area contributed by atoms with Gasteiger partial charge in [0, 0.05) is 12.1 Å². The maximum absolute atomic E-state index is 10.8. The zero-order valence-electron chi connectivity index (χ0n) is 11.9. The number of aromatic amines is 1. The van der Waals surface area contributed by atoms with Crippen LogP contribution < -0.4 is 0 Å². The molecule has 0 unspecified atom stereocenters. The number of aromatic nitrogens is 2. The topological polar surface area (TPSA) is 92.0 Å². The maximum Gasteiger partial charge on any atom is 0.271 e. The molecule has 6 nitrogen and oxygen atoms in total. The number of nitrogens with one attached hydrogen (secondary N) is 1. The van der Waals surface area contributed by atoms with Crippen molar-refractivity contribution in [3.63, 3.8) is 0 Å². The molecule has 1 heterocycles. The lowest BCUT2D eigenvalue weighted by molar-refractivity contribution is -0.384. The molecule has 3 aromatic carbocycles. The summed E-state index contributed by atoms with van der Waals surface area (Å²) in [5.74, 6) is 0.584. The first-order valence-corrected chi connectivity index (χ1v) is 6.98. The van der Waals surface area contributed by atoms with Gasteiger partial charge in [-0.3, -0.25) is 10.1 Å². The number of fused-ring (bicyclic) bond motifs is 2. The van der Waals surface area contributed by atoms with Gasteiger partial charge >= 0.3 is 0 Å². The molecular weight excluding hydrogens is 294 g/mol. The molecule has 0 fully saturated rings. The first-order chi connectivity index (χ1) is 11.1. The summed E-state index contributed by atoms with van der Waals surface area (Å²) in [5.41, 5.74) is 1.71. The van der Waals surface area contributed by atoms with Crippen LogP contribution in [0.3, 0.4) is 0 Å². The van der Waals surface area contributed by atoms with Crippen molar-refractivity contribution in [1.82, 2.24) is 9.97 Å². The SMILES string of the molecule is O=[N+]([O-])c1ccc2[nH]c(-c3cc4ccccc4cc3O)nc2c1. The Balaban J connectivity index is 1.91. The Hall–Kier alpha value is -3.41. The zero-order valence-corrected chi connectivity index (χ0v) is 11.9. The molecule has 2 N–H and O–H groups in total. The molecule has 0 aliphatic heterocycles. The van der Waals surface area contributed by atoms with Gasteiger partial charge in [-0.05, 0) is 29.0 Å². The zero-order chi connectivity index (χ0) is 16.0. The van der Waals surface area contributed by atoms with Crippen LogP contribution in [0.15, 0.2) is 54.6 Å². The summed E-state index contributed by atoms with van der Waals surface area (Å²) in [4.78, 5) is 17.9. The van der Waals surface area contributed by atoms with Crippen molar-refractivity contribution in [2.24, 2.45) is 0 Å². The lowest BCUT2D eigenvalue weighted by Gasteiger charge is -2.04. The van der Waals surface area contributed by atoms with Crippen molar-refractivity contribution in [2.45, 2.75) is 0 Å². The van der Waals surface area contributed by atoms with Gasteiger partial charge in [0.25, 0.3) is 5.69 Å². The standard InChI is InChI=1S/C17H11N3O3/c21-16-8-11-4-2-1-3-10(11)7-13(16)17-18-14-6-5-12(20(22)23)9-15(14)19-17/h1-9,21H,(H,18,19). The smallest absolute Gasteiger partial charge is 0.271 e. The predicted molar refractivity (Wildman–Crippen MR) is 87.4 cm³/mol. The number of hydrogen-bond acceptors (Lipinski definition) is 4. The van der Waals surface area contributed by atoms with Gasteiger partial charge in [0.15, 0.2) is 0 Å². The van der Waals surface area contributed by atoms with Gasteiger partial charge in [0.1, 0.15) is 11.6 Å². The van der Waals surface area contributed by atoms with Crippen LogP contribution in [-0.4, -0.2) is 20.0 Å². The van der Waals surface area contributed by atoms with E-state index >= 15 is 0 Å². The highest BCUT2D eigenvalue weighted by Crippen LogP contribution is 2.33. The number of H-pyrrole nitrogens is 1. The molecule has 4 rings (SSSR count). The second-order valence-corrected chi connectivity index (χ2v) is 5.26. The Morgan fingerprint density at radius 3 is 2.52 bits per heavy atom. The van der Waals surface area contributed by atoms with E-state index < -0.39 is 4.92 Å². The van der Waals surface area contributed by atoms with E-state index in [0.29, 0.717) is 22.4 Å². The van der Waals surface area contributed by atoms with Crippen molar-refractivity contribution >= 4 is 27.5 Å². The molecule has 1 aromatic heterocycles. The first-order valence-electron chi connectivity index (χ1n) is 6.98. The fourth-order valence-corrected chi connectivity index (χ4v) is 2.65. The maximum atomic E-state index is 10.8. The molecule has 0 saturated heterocycles. The van der Waals surface area contributed by atoms with E-state index in [-0.39, 0.29) is 11.4 Å². The van der Waals surface area contributed by atoms with E-state index in [9.17, 15) is 15.2 Å². The molecule has 0 aliphatic carbocycles. The number of non-ortho nitro benzene ring substituents is 1. The molecule has 0 atom stereocenters. The third kappa shape index (κ3) is 2.17. The minimum atomic E-state index is -0.457. The minimum Gasteiger partial charge on any atom is -0.507 e. The van der Waals surface area contributed by atoms with Gasteiger partial charge in [0.2, 0.25) is 0 Å². The average molecular weight is 305 g/mol. The third-order valence-corrected chi connectivity index (χ3v) is 3.80. The van der Waals surface area contributed by atoms with Crippen LogP contribution in [0.25, 0.3) is 33.2 Å². The number of imidazole rings is 1. The number of benzene rings is 3. The van der Waals surface area contributed by atoms with E-state index in [1.807, 2.05) is 30.3 Å². The predicted octanol–water partition coefficient (Wildman–Crippen LogP) is 4.00. The number of phenols is 1. The quantitative estimate of drug-likeness (QED) is 0.432. The van der Waals surface area contributed by atoms with Gasteiger partial charge in [-0.15, -0.1) is 0 Å². The molecule has 4 aromatic rings. The molecule has 0 radical (unpaired) electrons. The van der Waals surface area contributed by atoms with E-state index in [1.54, 1.807) is 12.1 Å². The highest BCUT2D eigenvalue weighted by molar-refractivity contribution is 5.91. The fourth-order valence-electron chi connectivity index (χ4n) is 2.65. The number of nitro groups is 1. The molecule has 0 saturated carbocycles. The number of phenolic OH excluding ortho intramolecular Hbond substituents is 1. The van der Waals surface area contributed by atoms with Crippen LogP contribution >= 0.6 is 0 Å². The summed E-state index contributed by atoms with van der Waals surface area (Å²) in [7, 11) is 0. The lowest BCUT2D eigenvalue weighted by Crippen LogP contribution is -1.86. The summed E-state index contributed by atoms with van der Waals surface area (Å²) in [6.45, 7) is 0. The number of rotatable bonds is 2. The Bertz CT molecular complexity index is 1070. The normalized spacial score (nSPS) is 11.1. The molecule has 6 heteroatoms. The van der Waals surface area contributed by atoms with Crippen LogP contribution in [-0.2, 0) is 0 Å². The van der Waals surface area contributed by atoms with Crippen molar-refractivity contribution in [3.05, 3.63) is 64.7 Å². The lowest BCUT2D eigenvalue weighted by atomic mass is 10.1. The number of nitro benzene ring substituents is 1. The molecule has 0 bridgehead atoms. The van der Waals surface area contributed by atoms with Crippen molar-refractivity contribution < 1.29 is 10.0 Å². The highest BCUT2D eigenvalue weighted by Gasteiger charge is 2.13. The summed E-state index contributed by atoms with van der Waals surface area (Å²) in [5, 5.41) is 23.0. The van der Waals surface area contributed by atoms with Crippen molar-refractivity contribution in [1.29, 1.82) is 0 Å². The number of nitrogens with zero attached hydrogens (tertiary/aromatic N) is 2. The minimum absolute atomic E-state index is 0.0155. The molecule has 0 amide bonds. The van der Waals surface area contributed by atoms with Gasteiger partial charge in [0.05, 0.1) is 21.5 Å². The molecule has 0 aliphatic rings. The Kier molecular flexibility index (Phi) is 2.77. The van der Waals surface area contributed by atoms with Crippen molar-refractivity contribution in [2.75, 3.05) is 0 Å². The molecule has 112 valence electrons. The fraction of sp³-hybridized carbons (Fsp3) is 0. The summed E-state index contributed by atoms with van der Waals surface area (Å²) >= 11 is 0. The monoisotopic (exact) mass is 305 g/mol. The van der Waals surface area contributed by atoms with Gasteiger partial charge in [-0.25, -0.2) is 4.98 Å². The molecule has 0 spiro atoms. The van der Waals surface area contributed by atoms with E-state index in [0.717, 1.165) is 10.8 Å². The highest BCUT2D eigenvalue weighted by atomic mass is 16.6. The van der Waals surface area contributed by atoms with Gasteiger partial charge in [-0.1, -0.05) is 24.3 Å². The average Bonchev–Trinajstić information content (AvgIpc) is 2.96.